The molecule has 5 heteroatoms. The fourth-order valence-corrected chi connectivity index (χ4v) is 0.299. The third-order valence-electron chi connectivity index (χ3n) is 0.736. The molecule has 0 rings (SSSR count). The average molecular weight is 179 g/mol. The second-order valence-corrected chi connectivity index (χ2v) is 1.41. The van der Waals surface area contributed by atoms with Crippen molar-refractivity contribution >= 4 is 24.8 Å². The highest BCUT2D eigenvalue weighted by molar-refractivity contribution is 5.85. The average Bonchev–Trinajstić information content (AvgIpc) is 1.68. The van der Waals surface area contributed by atoms with Crippen LogP contribution < -0.4 is 11.5 Å². The summed E-state index contributed by atoms with van der Waals surface area (Å²) in [5, 5.41) is 0. The van der Waals surface area contributed by atoms with Gasteiger partial charge in [-0.25, -0.2) is 4.39 Å². The summed E-state index contributed by atoms with van der Waals surface area (Å²) in [6.07, 6.45) is -0.513. The first-order chi connectivity index (χ1) is 3.31. The number of rotatable bonds is 3. The first kappa shape index (κ1) is 16.2. The van der Waals surface area contributed by atoms with Gasteiger partial charge in [0.2, 0.25) is 0 Å². The van der Waals surface area contributed by atoms with E-state index in [2.05, 4.69) is 0 Å². The van der Waals surface area contributed by atoms with Gasteiger partial charge in [0.1, 0.15) is 6.17 Å². The number of nitrogens with two attached hydrogens (primary N) is 2. The minimum atomic E-state index is -0.898. The molecular weight excluding hydrogens is 166 g/mol. The van der Waals surface area contributed by atoms with Crippen LogP contribution in [0.4, 0.5) is 4.39 Å². The third-order valence-corrected chi connectivity index (χ3v) is 0.736. The highest BCUT2D eigenvalue weighted by Crippen LogP contribution is 1.90. The maximum atomic E-state index is 11.9. The molecule has 0 aliphatic carbocycles. The van der Waals surface area contributed by atoms with E-state index in [0.29, 0.717) is 13.0 Å². The van der Waals surface area contributed by atoms with Gasteiger partial charge in [0.25, 0.3) is 0 Å². The molecule has 1 atom stereocenters. The first-order valence-corrected chi connectivity index (χ1v) is 2.35. The predicted molar refractivity (Wildman–Crippen MR) is 42.1 cm³/mol. The van der Waals surface area contributed by atoms with Crippen LogP contribution in [0.3, 0.4) is 0 Å². The minimum Gasteiger partial charge on any atom is -0.330 e. The van der Waals surface area contributed by atoms with E-state index < -0.39 is 6.17 Å². The van der Waals surface area contributed by atoms with E-state index in [1.165, 1.54) is 0 Å². The van der Waals surface area contributed by atoms with E-state index in [1.807, 2.05) is 0 Å². The molecule has 0 aliphatic rings. The van der Waals surface area contributed by atoms with Gasteiger partial charge >= 0.3 is 0 Å². The Morgan fingerprint density at radius 2 is 1.67 bits per heavy atom. The van der Waals surface area contributed by atoms with Crippen molar-refractivity contribution in [2.24, 2.45) is 11.5 Å². The molecule has 0 saturated heterocycles. The molecule has 0 amide bonds. The highest BCUT2D eigenvalue weighted by Gasteiger charge is 1.98. The smallest absolute Gasteiger partial charge is 0.113 e. The monoisotopic (exact) mass is 178 g/mol. The molecule has 0 aromatic carbocycles. The normalized spacial score (nSPS) is 11.0. The Balaban J connectivity index is -0.000000180. The third kappa shape index (κ3) is 11.8. The number of hydrogen-bond donors (Lipinski definition) is 2. The van der Waals surface area contributed by atoms with Gasteiger partial charge in [-0.05, 0) is 13.0 Å². The zero-order valence-electron chi connectivity index (χ0n) is 5.05. The van der Waals surface area contributed by atoms with Crippen molar-refractivity contribution in [3.8, 4) is 0 Å². The predicted octanol–water partition coefficient (Wildman–Crippen LogP) is 0.476. The quantitative estimate of drug-likeness (QED) is 0.661. The SMILES string of the molecule is Cl.Cl.NCCC(F)CN. The van der Waals surface area contributed by atoms with Crippen LogP contribution in [-0.4, -0.2) is 19.3 Å². The van der Waals surface area contributed by atoms with Gasteiger partial charge in [0, 0.05) is 6.54 Å². The molecule has 1 unspecified atom stereocenters. The summed E-state index contributed by atoms with van der Waals surface area (Å²) in [7, 11) is 0. The second-order valence-electron chi connectivity index (χ2n) is 1.41. The van der Waals surface area contributed by atoms with Gasteiger partial charge in [-0.3, -0.25) is 0 Å². The minimum absolute atomic E-state index is 0. The zero-order chi connectivity index (χ0) is 5.70. The van der Waals surface area contributed by atoms with Crippen LogP contribution in [0.2, 0.25) is 0 Å². The Morgan fingerprint density at radius 1 is 1.22 bits per heavy atom. The largest absolute Gasteiger partial charge is 0.330 e. The number of hydrogen-bond acceptors (Lipinski definition) is 2. The van der Waals surface area contributed by atoms with Gasteiger partial charge in [-0.1, -0.05) is 0 Å². The first-order valence-electron chi connectivity index (χ1n) is 2.35. The van der Waals surface area contributed by atoms with Gasteiger partial charge in [-0.15, -0.1) is 24.8 Å². The van der Waals surface area contributed by atoms with E-state index >= 15 is 0 Å². The van der Waals surface area contributed by atoms with Crippen LogP contribution in [0, 0.1) is 0 Å². The second kappa shape index (κ2) is 11.3. The van der Waals surface area contributed by atoms with Gasteiger partial charge < -0.3 is 11.5 Å². The lowest BCUT2D eigenvalue weighted by Gasteiger charge is -1.98. The fourth-order valence-electron chi connectivity index (χ4n) is 0.299. The lowest BCUT2D eigenvalue weighted by Crippen LogP contribution is -2.18. The molecule has 60 valence electrons. The summed E-state index contributed by atoms with van der Waals surface area (Å²) >= 11 is 0. The van der Waals surface area contributed by atoms with Crippen LogP contribution in [0.15, 0.2) is 0 Å². The molecule has 0 fully saturated rings. The maximum absolute atomic E-state index is 11.9. The van der Waals surface area contributed by atoms with Crippen molar-refractivity contribution in [2.45, 2.75) is 12.6 Å². The van der Waals surface area contributed by atoms with E-state index in [0.717, 1.165) is 0 Å². The Morgan fingerprint density at radius 3 is 1.78 bits per heavy atom. The molecule has 0 aliphatic heterocycles. The molecule has 0 saturated carbocycles. The standard InChI is InChI=1S/C4H11FN2.2ClH/c5-4(3-7)1-2-6;;/h4H,1-3,6-7H2;2*1H. The summed E-state index contributed by atoms with van der Waals surface area (Å²) in [6, 6.07) is 0. The van der Waals surface area contributed by atoms with E-state index in [-0.39, 0.29) is 31.4 Å². The van der Waals surface area contributed by atoms with Crippen molar-refractivity contribution in [1.82, 2.24) is 0 Å². The fraction of sp³-hybridized carbons (Fsp3) is 1.00. The molecule has 0 aromatic rings. The van der Waals surface area contributed by atoms with E-state index in [1.54, 1.807) is 0 Å². The Hall–Kier alpha value is 0.430. The van der Waals surface area contributed by atoms with Crippen molar-refractivity contribution < 1.29 is 4.39 Å². The lowest BCUT2D eigenvalue weighted by atomic mass is 10.3. The zero-order valence-corrected chi connectivity index (χ0v) is 6.68. The van der Waals surface area contributed by atoms with Crippen molar-refractivity contribution in [3.63, 3.8) is 0 Å². The topological polar surface area (TPSA) is 52.0 Å². The molecule has 4 N–H and O–H groups in total. The molecule has 0 radical (unpaired) electrons. The highest BCUT2D eigenvalue weighted by atomic mass is 35.5. The Bertz CT molecular complexity index is 47.5. The summed E-state index contributed by atoms with van der Waals surface area (Å²) in [5.74, 6) is 0. The lowest BCUT2D eigenvalue weighted by molar-refractivity contribution is 0.326. The molecule has 0 heterocycles. The molecular formula is C4H13Cl2FN2. The summed E-state index contributed by atoms with van der Waals surface area (Å²) in [6.45, 7) is 0.482. The van der Waals surface area contributed by atoms with Crippen LogP contribution >= 0.6 is 24.8 Å². The Labute approximate surface area is 67.0 Å². The molecule has 2 nitrogen and oxygen atoms in total. The van der Waals surface area contributed by atoms with E-state index in [9.17, 15) is 4.39 Å². The van der Waals surface area contributed by atoms with Gasteiger partial charge in [0.05, 0.1) is 0 Å². The van der Waals surface area contributed by atoms with E-state index in [4.69, 9.17) is 11.5 Å². The van der Waals surface area contributed by atoms with Crippen LogP contribution in [0.25, 0.3) is 0 Å². The van der Waals surface area contributed by atoms with Crippen molar-refractivity contribution in [2.75, 3.05) is 13.1 Å². The molecule has 0 aromatic heterocycles. The van der Waals surface area contributed by atoms with Gasteiger partial charge in [0.15, 0.2) is 0 Å². The molecule has 9 heavy (non-hydrogen) atoms. The van der Waals surface area contributed by atoms with Crippen LogP contribution in [0.5, 0.6) is 0 Å². The summed E-state index contributed by atoms with van der Waals surface area (Å²) in [4.78, 5) is 0. The summed E-state index contributed by atoms with van der Waals surface area (Å²) < 4.78 is 11.9. The molecule has 0 bridgehead atoms. The number of halogens is 3. The number of alkyl halides is 1. The van der Waals surface area contributed by atoms with Crippen molar-refractivity contribution in [3.05, 3.63) is 0 Å². The Kier molecular flexibility index (Phi) is 20.3. The summed E-state index contributed by atoms with van der Waals surface area (Å²) in [5.41, 5.74) is 9.94. The molecule has 0 spiro atoms. The van der Waals surface area contributed by atoms with Gasteiger partial charge in [-0.2, -0.15) is 0 Å². The van der Waals surface area contributed by atoms with Crippen LogP contribution in [0.1, 0.15) is 6.42 Å². The van der Waals surface area contributed by atoms with Crippen LogP contribution in [-0.2, 0) is 0 Å². The van der Waals surface area contributed by atoms with Crippen molar-refractivity contribution in [1.29, 1.82) is 0 Å². The maximum Gasteiger partial charge on any atom is 0.113 e.